The van der Waals surface area contributed by atoms with Crippen LogP contribution in [0.25, 0.3) is 45.1 Å². The molecule has 2 fully saturated rings. The van der Waals surface area contributed by atoms with Crippen LogP contribution in [-0.4, -0.2) is 9.97 Å². The highest BCUT2D eigenvalue weighted by atomic mass is 16.4. The van der Waals surface area contributed by atoms with Gasteiger partial charge in [0.2, 0.25) is 11.8 Å². The van der Waals surface area contributed by atoms with Crippen molar-refractivity contribution < 1.29 is 8.83 Å². The van der Waals surface area contributed by atoms with Gasteiger partial charge in [0.05, 0.1) is 0 Å². The lowest BCUT2D eigenvalue weighted by Crippen LogP contribution is -2.06. The molecule has 3 aromatic carbocycles. The number of rotatable bonds is 4. The summed E-state index contributed by atoms with van der Waals surface area (Å²) in [7, 11) is 0. The summed E-state index contributed by atoms with van der Waals surface area (Å²) in [6.45, 7) is 4.42. The van der Waals surface area contributed by atoms with E-state index in [4.69, 9.17) is 18.8 Å². The predicted molar refractivity (Wildman–Crippen MR) is 154 cm³/mol. The van der Waals surface area contributed by atoms with E-state index in [0.29, 0.717) is 23.6 Å². The summed E-state index contributed by atoms with van der Waals surface area (Å²) in [5.41, 5.74) is 11.1. The zero-order valence-corrected chi connectivity index (χ0v) is 22.6. The Kier molecular flexibility index (Phi) is 6.06. The fourth-order valence-electron chi connectivity index (χ4n) is 6.89. The number of hydrogen-bond donors (Lipinski definition) is 0. The predicted octanol–water partition coefficient (Wildman–Crippen LogP) is 10.0. The second kappa shape index (κ2) is 9.72. The highest BCUT2D eigenvalue weighted by Gasteiger charge is 2.21. The Balaban J connectivity index is 1.16. The van der Waals surface area contributed by atoms with E-state index >= 15 is 0 Å². The van der Waals surface area contributed by atoms with Crippen molar-refractivity contribution in [3.63, 3.8) is 0 Å². The van der Waals surface area contributed by atoms with Crippen molar-refractivity contribution in [3.05, 3.63) is 70.8 Å². The van der Waals surface area contributed by atoms with Crippen LogP contribution >= 0.6 is 0 Å². The Morgan fingerprint density at radius 2 is 0.947 bits per heavy atom. The van der Waals surface area contributed by atoms with Crippen molar-refractivity contribution in [1.29, 1.82) is 0 Å². The third-order valence-corrected chi connectivity index (χ3v) is 9.02. The molecule has 4 nitrogen and oxygen atoms in total. The highest BCUT2D eigenvalue weighted by Crippen LogP contribution is 2.38. The van der Waals surface area contributed by atoms with Crippen molar-refractivity contribution in [3.8, 4) is 22.9 Å². The van der Waals surface area contributed by atoms with Gasteiger partial charge in [0.1, 0.15) is 11.0 Å². The van der Waals surface area contributed by atoms with Crippen molar-refractivity contribution in [2.75, 3.05) is 0 Å². The Hall–Kier alpha value is -3.40. The Labute approximate surface area is 224 Å². The number of fused-ring (bicyclic) bond motifs is 2. The molecule has 0 amide bonds. The van der Waals surface area contributed by atoms with Crippen LogP contribution < -0.4 is 0 Å². The Morgan fingerprint density at radius 1 is 0.553 bits per heavy atom. The molecule has 2 saturated carbocycles. The lowest BCUT2D eigenvalue weighted by Gasteiger charge is -2.23. The molecular weight excluding hydrogens is 468 g/mol. The summed E-state index contributed by atoms with van der Waals surface area (Å²) in [6, 6.07) is 17.1. The first kappa shape index (κ1) is 23.7. The molecule has 38 heavy (non-hydrogen) atoms. The topological polar surface area (TPSA) is 52.1 Å². The van der Waals surface area contributed by atoms with E-state index in [1.54, 1.807) is 0 Å². The van der Waals surface area contributed by atoms with Crippen molar-refractivity contribution in [1.82, 2.24) is 9.97 Å². The third kappa shape index (κ3) is 4.34. The summed E-state index contributed by atoms with van der Waals surface area (Å²) in [5.74, 6) is 2.65. The van der Waals surface area contributed by atoms with Gasteiger partial charge >= 0.3 is 0 Å². The van der Waals surface area contributed by atoms with E-state index in [2.05, 4.69) is 62.4 Å². The van der Waals surface area contributed by atoms with Gasteiger partial charge in [-0.3, -0.25) is 0 Å². The average molecular weight is 505 g/mol. The van der Waals surface area contributed by atoms with Crippen LogP contribution in [-0.2, 0) is 0 Å². The first-order valence-corrected chi connectivity index (χ1v) is 14.6. The summed E-state index contributed by atoms with van der Waals surface area (Å²) in [4.78, 5) is 9.75. The molecule has 0 radical (unpaired) electrons. The minimum Gasteiger partial charge on any atom is -0.436 e. The average Bonchev–Trinajstić information content (AvgIpc) is 3.56. The largest absolute Gasteiger partial charge is 0.436 e. The number of hydrogen-bond acceptors (Lipinski definition) is 4. The van der Waals surface area contributed by atoms with Gasteiger partial charge < -0.3 is 8.83 Å². The molecule has 7 rings (SSSR count). The summed E-state index contributed by atoms with van der Waals surface area (Å²) < 4.78 is 12.4. The first-order chi connectivity index (χ1) is 18.6. The first-order valence-electron chi connectivity index (χ1n) is 14.6. The lowest BCUT2D eigenvalue weighted by atomic mass is 9.82. The maximum Gasteiger partial charge on any atom is 0.227 e. The molecule has 2 heterocycles. The van der Waals surface area contributed by atoms with Crippen LogP contribution in [0.15, 0.2) is 57.4 Å². The monoisotopic (exact) mass is 504 g/mol. The number of nitrogens with zero attached hydrogens (tertiary/aromatic N) is 2. The van der Waals surface area contributed by atoms with Crippen LogP contribution in [0.3, 0.4) is 0 Å². The van der Waals surface area contributed by atoms with Gasteiger partial charge in [0, 0.05) is 11.1 Å². The minimum absolute atomic E-state index is 0.659. The van der Waals surface area contributed by atoms with Crippen LogP contribution in [0, 0.1) is 13.8 Å². The second-order valence-electron chi connectivity index (χ2n) is 11.6. The molecule has 0 atom stereocenters. The second-order valence-corrected chi connectivity index (χ2v) is 11.6. The molecule has 2 aromatic heterocycles. The zero-order chi connectivity index (χ0) is 25.6. The molecular formula is C34H36N2O2. The van der Waals surface area contributed by atoms with Crippen LogP contribution in [0.5, 0.6) is 0 Å². The molecule has 5 aromatic rings. The minimum atomic E-state index is 0.659. The molecule has 194 valence electrons. The van der Waals surface area contributed by atoms with E-state index in [9.17, 15) is 0 Å². The van der Waals surface area contributed by atoms with Gasteiger partial charge in [-0.2, -0.15) is 0 Å². The van der Waals surface area contributed by atoms with Crippen molar-refractivity contribution in [2.45, 2.75) is 89.9 Å². The fourth-order valence-corrected chi connectivity index (χ4v) is 6.89. The maximum atomic E-state index is 6.20. The number of aromatic nitrogens is 2. The van der Waals surface area contributed by atoms with Crippen LogP contribution in [0.4, 0.5) is 0 Å². The van der Waals surface area contributed by atoms with E-state index in [1.165, 1.54) is 86.5 Å². The number of oxazole rings is 2. The third-order valence-electron chi connectivity index (χ3n) is 9.02. The van der Waals surface area contributed by atoms with E-state index in [0.717, 1.165) is 33.3 Å². The standard InChI is InChI=1S/C34H36N2O2/c1-21-17-31-29(19-27(21)23-9-5-3-6-10-23)35-33(37-31)25-13-15-26(16-14-25)34-36-30-20-28(22(2)18-32(30)38-34)24-11-7-4-8-12-24/h13-20,23-24H,3-12H2,1-2H3. The van der Waals surface area contributed by atoms with E-state index < -0.39 is 0 Å². The molecule has 2 aliphatic rings. The Bertz CT molecular complexity index is 1470. The van der Waals surface area contributed by atoms with E-state index in [1.807, 2.05) is 0 Å². The maximum absolute atomic E-state index is 6.20. The van der Waals surface area contributed by atoms with Crippen LogP contribution in [0.1, 0.15) is 98.3 Å². The molecule has 0 aliphatic heterocycles. The number of benzene rings is 3. The highest BCUT2D eigenvalue weighted by molar-refractivity contribution is 5.80. The SMILES string of the molecule is Cc1cc2oc(-c3ccc(-c4nc5cc(C6CCCCC6)c(C)cc5o4)cc3)nc2cc1C1CCCCC1. The van der Waals surface area contributed by atoms with Gasteiger partial charge in [-0.15, -0.1) is 0 Å². The van der Waals surface area contributed by atoms with Gasteiger partial charge in [-0.1, -0.05) is 38.5 Å². The summed E-state index contributed by atoms with van der Waals surface area (Å²) >= 11 is 0. The molecule has 0 N–H and O–H groups in total. The Morgan fingerprint density at radius 3 is 1.34 bits per heavy atom. The van der Waals surface area contributed by atoms with Gasteiger partial charge in [0.15, 0.2) is 11.2 Å². The summed E-state index contributed by atoms with van der Waals surface area (Å²) in [5, 5.41) is 0. The van der Waals surface area contributed by atoms with Gasteiger partial charge in [-0.05, 0) is 122 Å². The van der Waals surface area contributed by atoms with E-state index in [-0.39, 0.29) is 0 Å². The van der Waals surface area contributed by atoms with Crippen molar-refractivity contribution >= 4 is 22.2 Å². The molecule has 4 heteroatoms. The zero-order valence-electron chi connectivity index (χ0n) is 22.6. The smallest absolute Gasteiger partial charge is 0.227 e. The van der Waals surface area contributed by atoms with Crippen LogP contribution in [0.2, 0.25) is 0 Å². The quantitative estimate of drug-likeness (QED) is 0.244. The molecule has 0 unspecified atom stereocenters. The lowest BCUT2D eigenvalue weighted by molar-refractivity contribution is 0.442. The summed E-state index contributed by atoms with van der Waals surface area (Å²) in [6.07, 6.45) is 13.2. The fraction of sp³-hybridized carbons (Fsp3) is 0.412. The van der Waals surface area contributed by atoms with Gasteiger partial charge in [0.25, 0.3) is 0 Å². The molecule has 0 spiro atoms. The molecule has 0 saturated heterocycles. The number of aryl methyl sites for hydroxylation is 2. The molecule has 2 aliphatic carbocycles. The van der Waals surface area contributed by atoms with Crippen molar-refractivity contribution in [2.24, 2.45) is 0 Å². The normalized spacial score (nSPS) is 17.5. The van der Waals surface area contributed by atoms with Gasteiger partial charge in [-0.25, -0.2) is 9.97 Å². The molecule has 0 bridgehead atoms.